The van der Waals surface area contributed by atoms with Gasteiger partial charge in [-0.1, -0.05) is 23.8 Å². The van der Waals surface area contributed by atoms with Gasteiger partial charge in [-0.3, -0.25) is 9.59 Å². The molecule has 1 aliphatic carbocycles. The third-order valence-electron chi connectivity index (χ3n) is 5.30. The van der Waals surface area contributed by atoms with Gasteiger partial charge in [-0.15, -0.1) is 0 Å². The third-order valence-corrected chi connectivity index (χ3v) is 5.30. The number of benzene rings is 1. The van der Waals surface area contributed by atoms with Crippen molar-refractivity contribution in [3.8, 4) is 0 Å². The van der Waals surface area contributed by atoms with Gasteiger partial charge in [0.2, 0.25) is 11.8 Å². The summed E-state index contributed by atoms with van der Waals surface area (Å²) in [5.41, 5.74) is 2.44. The lowest BCUT2D eigenvalue weighted by Gasteiger charge is -2.19. The highest BCUT2D eigenvalue weighted by atomic mass is 19.1. The van der Waals surface area contributed by atoms with Crippen LogP contribution in [0, 0.1) is 11.7 Å². The number of nitrogens with one attached hydrogen (secondary N) is 1. The van der Waals surface area contributed by atoms with E-state index in [9.17, 15) is 14.0 Å². The predicted octanol–water partition coefficient (Wildman–Crippen LogP) is 3.22. The first-order chi connectivity index (χ1) is 12.6. The summed E-state index contributed by atoms with van der Waals surface area (Å²) in [6.07, 6.45) is 9.03. The maximum atomic E-state index is 12.9. The Bertz CT molecular complexity index is 669. The molecule has 0 bridgehead atoms. The third kappa shape index (κ3) is 5.16. The van der Waals surface area contributed by atoms with Crippen LogP contribution in [0.3, 0.4) is 0 Å². The van der Waals surface area contributed by atoms with Gasteiger partial charge in [-0.05, 0) is 56.2 Å². The standard InChI is InChI=1S/C21H27FN2O2/c22-19-8-6-17(7-9-19)10-12-23-21(26)18-14-20(25)24(15-18)13-11-16-4-2-1-3-5-16/h4,6-9,18H,1-3,5,10-15H2,(H,23,26). The van der Waals surface area contributed by atoms with Crippen LogP contribution in [-0.4, -0.2) is 36.3 Å². The van der Waals surface area contributed by atoms with Crippen molar-refractivity contribution < 1.29 is 14.0 Å². The van der Waals surface area contributed by atoms with E-state index in [1.807, 2.05) is 4.90 Å². The van der Waals surface area contributed by atoms with Crippen molar-refractivity contribution in [2.75, 3.05) is 19.6 Å². The van der Waals surface area contributed by atoms with Crippen molar-refractivity contribution in [1.29, 1.82) is 0 Å². The summed E-state index contributed by atoms with van der Waals surface area (Å²) in [6.45, 7) is 1.75. The fraction of sp³-hybridized carbons (Fsp3) is 0.524. The summed E-state index contributed by atoms with van der Waals surface area (Å²) >= 11 is 0. The van der Waals surface area contributed by atoms with Crippen LogP contribution in [0.2, 0.25) is 0 Å². The zero-order valence-electron chi connectivity index (χ0n) is 15.2. The van der Waals surface area contributed by atoms with Crippen LogP contribution in [0.4, 0.5) is 4.39 Å². The smallest absolute Gasteiger partial charge is 0.225 e. The molecule has 2 aliphatic rings. The lowest BCUT2D eigenvalue weighted by Crippen LogP contribution is -2.34. The van der Waals surface area contributed by atoms with E-state index < -0.39 is 0 Å². The number of carbonyl (C=O) groups excluding carboxylic acids is 2. The van der Waals surface area contributed by atoms with Gasteiger partial charge in [0.15, 0.2) is 0 Å². The lowest BCUT2D eigenvalue weighted by molar-refractivity contribution is -0.129. The first-order valence-electron chi connectivity index (χ1n) is 9.59. The molecule has 1 aromatic rings. The van der Waals surface area contributed by atoms with Gasteiger partial charge in [-0.2, -0.15) is 0 Å². The Hall–Kier alpha value is -2.17. The Labute approximate surface area is 154 Å². The molecule has 1 unspecified atom stereocenters. The number of nitrogens with zero attached hydrogens (tertiary/aromatic N) is 1. The molecule has 4 nitrogen and oxygen atoms in total. The maximum Gasteiger partial charge on any atom is 0.225 e. The fourth-order valence-corrected chi connectivity index (χ4v) is 3.70. The van der Waals surface area contributed by atoms with Gasteiger partial charge in [0.1, 0.15) is 5.82 Å². The average Bonchev–Trinajstić information content (AvgIpc) is 3.03. The van der Waals surface area contributed by atoms with E-state index in [-0.39, 0.29) is 23.5 Å². The van der Waals surface area contributed by atoms with Crippen molar-refractivity contribution in [3.63, 3.8) is 0 Å². The second-order valence-electron chi connectivity index (χ2n) is 7.27. The summed E-state index contributed by atoms with van der Waals surface area (Å²) in [5, 5.41) is 2.91. The molecule has 1 saturated heterocycles. The number of rotatable bonds is 7. The number of halogens is 1. The van der Waals surface area contributed by atoms with Gasteiger partial charge >= 0.3 is 0 Å². The molecule has 1 aromatic carbocycles. The number of hydrogen-bond donors (Lipinski definition) is 1. The van der Waals surface area contributed by atoms with E-state index in [1.54, 1.807) is 12.1 Å². The molecule has 3 rings (SSSR count). The fourth-order valence-electron chi connectivity index (χ4n) is 3.70. The van der Waals surface area contributed by atoms with E-state index in [4.69, 9.17) is 0 Å². The quantitative estimate of drug-likeness (QED) is 0.761. The van der Waals surface area contributed by atoms with Crippen molar-refractivity contribution in [1.82, 2.24) is 10.2 Å². The molecular formula is C21H27FN2O2. The molecular weight excluding hydrogens is 331 g/mol. The molecule has 1 atom stereocenters. The van der Waals surface area contributed by atoms with Crippen molar-refractivity contribution >= 4 is 11.8 Å². The van der Waals surface area contributed by atoms with E-state index in [1.165, 1.54) is 30.5 Å². The summed E-state index contributed by atoms with van der Waals surface area (Å²) in [7, 11) is 0. The van der Waals surface area contributed by atoms with Gasteiger partial charge in [-0.25, -0.2) is 4.39 Å². The molecule has 0 aromatic heterocycles. The largest absolute Gasteiger partial charge is 0.355 e. The van der Waals surface area contributed by atoms with Crippen LogP contribution in [-0.2, 0) is 16.0 Å². The van der Waals surface area contributed by atoms with Gasteiger partial charge < -0.3 is 10.2 Å². The highest BCUT2D eigenvalue weighted by molar-refractivity contribution is 5.89. The summed E-state index contributed by atoms with van der Waals surface area (Å²) in [4.78, 5) is 26.3. The SMILES string of the molecule is O=C(NCCc1ccc(F)cc1)C1CC(=O)N(CCC2=CCCCC2)C1. The Morgan fingerprint density at radius 3 is 2.73 bits per heavy atom. The topological polar surface area (TPSA) is 49.4 Å². The molecule has 5 heteroatoms. The second-order valence-corrected chi connectivity index (χ2v) is 7.27. The number of hydrogen-bond acceptors (Lipinski definition) is 2. The molecule has 1 N–H and O–H groups in total. The second kappa shape index (κ2) is 8.97. The molecule has 0 radical (unpaired) electrons. The molecule has 1 heterocycles. The van der Waals surface area contributed by atoms with Crippen LogP contribution in [0.15, 0.2) is 35.9 Å². The molecule has 0 spiro atoms. The first kappa shape index (κ1) is 18.6. The number of amides is 2. The van der Waals surface area contributed by atoms with E-state index in [0.717, 1.165) is 31.4 Å². The lowest BCUT2D eigenvalue weighted by atomic mass is 9.97. The zero-order chi connectivity index (χ0) is 18.4. The van der Waals surface area contributed by atoms with E-state index >= 15 is 0 Å². The monoisotopic (exact) mass is 358 g/mol. The normalized spacial score (nSPS) is 20.2. The number of likely N-dealkylation sites (tertiary alicyclic amines) is 1. The molecule has 0 saturated carbocycles. The van der Waals surface area contributed by atoms with Gasteiger partial charge in [0.25, 0.3) is 0 Å². The number of carbonyl (C=O) groups is 2. The van der Waals surface area contributed by atoms with Crippen LogP contribution in [0.1, 0.15) is 44.1 Å². The molecule has 1 fully saturated rings. The first-order valence-corrected chi connectivity index (χ1v) is 9.59. The Kier molecular flexibility index (Phi) is 6.42. The molecule has 1 aliphatic heterocycles. The Morgan fingerprint density at radius 2 is 2.00 bits per heavy atom. The molecule has 26 heavy (non-hydrogen) atoms. The van der Waals surface area contributed by atoms with Crippen LogP contribution < -0.4 is 5.32 Å². The summed E-state index contributed by atoms with van der Waals surface area (Å²) in [5.74, 6) is -0.484. The molecule has 140 valence electrons. The summed E-state index contributed by atoms with van der Waals surface area (Å²) < 4.78 is 12.9. The van der Waals surface area contributed by atoms with E-state index in [2.05, 4.69) is 11.4 Å². The minimum Gasteiger partial charge on any atom is -0.355 e. The Morgan fingerprint density at radius 1 is 1.19 bits per heavy atom. The predicted molar refractivity (Wildman–Crippen MR) is 99.0 cm³/mol. The summed E-state index contributed by atoms with van der Waals surface area (Å²) in [6, 6.07) is 6.30. The maximum absolute atomic E-state index is 12.9. The minimum atomic E-state index is -0.258. The minimum absolute atomic E-state index is 0.0557. The molecule has 2 amide bonds. The van der Waals surface area contributed by atoms with Gasteiger partial charge in [0, 0.05) is 26.1 Å². The number of allylic oxidation sites excluding steroid dienone is 1. The van der Waals surface area contributed by atoms with Crippen molar-refractivity contribution in [3.05, 3.63) is 47.3 Å². The van der Waals surface area contributed by atoms with Crippen molar-refractivity contribution in [2.45, 2.75) is 44.9 Å². The van der Waals surface area contributed by atoms with E-state index in [0.29, 0.717) is 25.9 Å². The average molecular weight is 358 g/mol. The Balaban J connectivity index is 1.40. The highest BCUT2D eigenvalue weighted by Gasteiger charge is 2.33. The van der Waals surface area contributed by atoms with Crippen molar-refractivity contribution in [2.24, 2.45) is 5.92 Å². The zero-order valence-corrected chi connectivity index (χ0v) is 15.2. The van der Waals surface area contributed by atoms with Crippen LogP contribution in [0.5, 0.6) is 0 Å². The van der Waals surface area contributed by atoms with Gasteiger partial charge in [0.05, 0.1) is 5.92 Å². The highest BCUT2D eigenvalue weighted by Crippen LogP contribution is 2.23. The van der Waals surface area contributed by atoms with Crippen LogP contribution >= 0.6 is 0 Å². The van der Waals surface area contributed by atoms with Crippen LogP contribution in [0.25, 0.3) is 0 Å².